The number of rotatable bonds is 3. The molecule has 0 radical (unpaired) electrons. The van der Waals surface area contributed by atoms with Crippen LogP contribution in [-0.4, -0.2) is 20.5 Å². The second kappa shape index (κ2) is 4.90. The second-order valence-electron chi connectivity index (χ2n) is 4.49. The van der Waals surface area contributed by atoms with E-state index in [2.05, 4.69) is 4.98 Å². The zero-order chi connectivity index (χ0) is 15.0. The fraction of sp³-hybridized carbons (Fsp3) is 0.0667. The molecule has 1 N–H and O–H groups in total. The maximum Gasteiger partial charge on any atom is 0.358 e. The van der Waals surface area contributed by atoms with Crippen LogP contribution in [0.15, 0.2) is 42.6 Å². The molecule has 0 bridgehead atoms. The number of benzene rings is 1. The van der Waals surface area contributed by atoms with Crippen molar-refractivity contribution in [2.75, 3.05) is 0 Å². The van der Waals surface area contributed by atoms with E-state index in [4.69, 9.17) is 4.74 Å². The van der Waals surface area contributed by atoms with Crippen molar-refractivity contribution in [1.29, 1.82) is 0 Å². The van der Waals surface area contributed by atoms with Gasteiger partial charge in [-0.3, -0.25) is 4.40 Å². The van der Waals surface area contributed by atoms with E-state index in [0.29, 0.717) is 11.2 Å². The number of nitrogens with zero attached hydrogens (tertiary/aromatic N) is 2. The lowest BCUT2D eigenvalue weighted by Gasteiger charge is -2.06. The standard InChI is InChI=1S/C15H11FN2O3/c1-9-5-4-6-10(12(9)16)21-14-13(15(19)20)18-8-3-2-7-11(18)17-14/h2-8H,1H3,(H,19,20). The summed E-state index contributed by atoms with van der Waals surface area (Å²) in [4.78, 5) is 15.5. The molecule has 0 spiro atoms. The van der Waals surface area contributed by atoms with Crippen molar-refractivity contribution < 1.29 is 19.0 Å². The minimum Gasteiger partial charge on any atom is -0.476 e. The Morgan fingerprint density at radius 3 is 2.86 bits per heavy atom. The fourth-order valence-corrected chi connectivity index (χ4v) is 2.04. The summed E-state index contributed by atoms with van der Waals surface area (Å²) >= 11 is 0. The molecule has 2 aromatic heterocycles. The molecular weight excluding hydrogens is 275 g/mol. The molecule has 0 saturated carbocycles. The van der Waals surface area contributed by atoms with Gasteiger partial charge < -0.3 is 9.84 Å². The molecule has 0 fully saturated rings. The zero-order valence-electron chi connectivity index (χ0n) is 11.1. The summed E-state index contributed by atoms with van der Waals surface area (Å²) in [6.07, 6.45) is 1.56. The number of pyridine rings is 1. The number of fused-ring (bicyclic) bond motifs is 1. The van der Waals surface area contributed by atoms with Crippen molar-refractivity contribution >= 4 is 11.6 Å². The van der Waals surface area contributed by atoms with Crippen LogP contribution in [0.3, 0.4) is 0 Å². The molecule has 6 heteroatoms. The monoisotopic (exact) mass is 286 g/mol. The lowest BCUT2D eigenvalue weighted by molar-refractivity contribution is 0.0686. The van der Waals surface area contributed by atoms with E-state index in [0.717, 1.165) is 0 Å². The first kappa shape index (κ1) is 13.1. The molecule has 5 nitrogen and oxygen atoms in total. The van der Waals surface area contributed by atoms with Gasteiger partial charge in [0, 0.05) is 6.20 Å². The predicted molar refractivity (Wildman–Crippen MR) is 73.4 cm³/mol. The van der Waals surface area contributed by atoms with E-state index in [1.54, 1.807) is 43.5 Å². The minimum absolute atomic E-state index is 0.0547. The van der Waals surface area contributed by atoms with Gasteiger partial charge in [-0.15, -0.1) is 0 Å². The molecule has 0 aliphatic heterocycles. The quantitative estimate of drug-likeness (QED) is 0.802. The number of aryl methyl sites for hydroxylation is 1. The Balaban J connectivity index is 2.14. The Morgan fingerprint density at radius 2 is 2.10 bits per heavy atom. The van der Waals surface area contributed by atoms with E-state index < -0.39 is 11.8 Å². The average Bonchev–Trinajstić information content (AvgIpc) is 2.82. The van der Waals surface area contributed by atoms with E-state index in [1.165, 1.54) is 10.5 Å². The van der Waals surface area contributed by atoms with Gasteiger partial charge in [0.15, 0.2) is 17.3 Å². The van der Waals surface area contributed by atoms with Gasteiger partial charge in [0.2, 0.25) is 0 Å². The van der Waals surface area contributed by atoms with Gasteiger partial charge in [0.1, 0.15) is 5.65 Å². The van der Waals surface area contributed by atoms with E-state index in [9.17, 15) is 14.3 Å². The van der Waals surface area contributed by atoms with Gasteiger partial charge >= 0.3 is 5.97 Å². The van der Waals surface area contributed by atoms with Crippen molar-refractivity contribution in [2.24, 2.45) is 0 Å². The van der Waals surface area contributed by atoms with Crippen LogP contribution in [0.4, 0.5) is 4.39 Å². The van der Waals surface area contributed by atoms with Crippen molar-refractivity contribution in [2.45, 2.75) is 6.92 Å². The van der Waals surface area contributed by atoms with Gasteiger partial charge in [-0.2, -0.15) is 4.98 Å². The summed E-state index contributed by atoms with van der Waals surface area (Å²) in [5.74, 6) is -1.93. The molecule has 0 unspecified atom stereocenters. The maximum absolute atomic E-state index is 14.0. The van der Waals surface area contributed by atoms with Crippen molar-refractivity contribution in [1.82, 2.24) is 9.38 Å². The number of imidazole rings is 1. The largest absolute Gasteiger partial charge is 0.476 e. The molecule has 0 atom stereocenters. The molecule has 3 rings (SSSR count). The van der Waals surface area contributed by atoms with Crippen LogP contribution >= 0.6 is 0 Å². The number of hydrogen-bond donors (Lipinski definition) is 1. The fourth-order valence-electron chi connectivity index (χ4n) is 2.04. The topological polar surface area (TPSA) is 63.8 Å². The summed E-state index contributed by atoms with van der Waals surface area (Å²) in [7, 11) is 0. The average molecular weight is 286 g/mol. The number of carboxylic acids is 1. The van der Waals surface area contributed by atoms with Gasteiger partial charge in [0.25, 0.3) is 5.88 Å². The molecule has 0 aliphatic rings. The van der Waals surface area contributed by atoms with Crippen LogP contribution in [0.5, 0.6) is 11.6 Å². The Bertz CT molecular complexity index is 842. The van der Waals surface area contributed by atoms with Gasteiger partial charge in [-0.1, -0.05) is 18.2 Å². The minimum atomic E-state index is -1.20. The highest BCUT2D eigenvalue weighted by Gasteiger charge is 2.21. The van der Waals surface area contributed by atoms with E-state index >= 15 is 0 Å². The van der Waals surface area contributed by atoms with E-state index in [-0.39, 0.29) is 17.3 Å². The molecule has 0 aliphatic carbocycles. The number of aromatic nitrogens is 2. The predicted octanol–water partition coefficient (Wildman–Crippen LogP) is 3.27. The highest BCUT2D eigenvalue weighted by Crippen LogP contribution is 2.28. The third-order valence-electron chi connectivity index (χ3n) is 3.06. The Hall–Kier alpha value is -2.89. The third kappa shape index (κ3) is 2.20. The molecule has 21 heavy (non-hydrogen) atoms. The Morgan fingerprint density at radius 1 is 1.29 bits per heavy atom. The number of aromatic carboxylic acids is 1. The van der Waals surface area contributed by atoms with Crippen LogP contribution in [0, 0.1) is 12.7 Å². The second-order valence-corrected chi connectivity index (χ2v) is 4.49. The zero-order valence-corrected chi connectivity index (χ0v) is 11.1. The maximum atomic E-state index is 14.0. The summed E-state index contributed by atoms with van der Waals surface area (Å²) in [6, 6.07) is 9.71. The number of ether oxygens (including phenoxy) is 1. The van der Waals surface area contributed by atoms with Crippen LogP contribution in [0.1, 0.15) is 16.1 Å². The molecule has 2 heterocycles. The number of hydrogen-bond acceptors (Lipinski definition) is 3. The van der Waals surface area contributed by atoms with Gasteiger partial charge in [0.05, 0.1) is 0 Å². The van der Waals surface area contributed by atoms with Crippen LogP contribution in [0.25, 0.3) is 5.65 Å². The molecule has 106 valence electrons. The SMILES string of the molecule is Cc1cccc(Oc2nc3ccccn3c2C(=O)O)c1F. The van der Waals surface area contributed by atoms with Crippen molar-refractivity contribution in [3.63, 3.8) is 0 Å². The van der Waals surface area contributed by atoms with Crippen molar-refractivity contribution in [3.8, 4) is 11.6 Å². The molecular formula is C15H11FN2O3. The summed E-state index contributed by atoms with van der Waals surface area (Å²) in [5.41, 5.74) is 0.678. The lowest BCUT2D eigenvalue weighted by Crippen LogP contribution is -2.04. The number of carboxylic acid groups (broad SMARTS) is 1. The van der Waals surface area contributed by atoms with Crippen LogP contribution in [0.2, 0.25) is 0 Å². The Kier molecular flexibility index (Phi) is 3.06. The number of carbonyl (C=O) groups is 1. The molecule has 3 aromatic rings. The third-order valence-corrected chi connectivity index (χ3v) is 3.06. The first-order chi connectivity index (χ1) is 10.1. The van der Waals surface area contributed by atoms with Crippen LogP contribution < -0.4 is 4.74 Å². The molecule has 0 amide bonds. The highest BCUT2D eigenvalue weighted by atomic mass is 19.1. The smallest absolute Gasteiger partial charge is 0.358 e. The lowest BCUT2D eigenvalue weighted by atomic mass is 10.2. The first-order valence-corrected chi connectivity index (χ1v) is 6.21. The Labute approximate surface area is 119 Å². The highest BCUT2D eigenvalue weighted by molar-refractivity contribution is 5.89. The van der Waals surface area contributed by atoms with Crippen LogP contribution in [-0.2, 0) is 0 Å². The summed E-state index contributed by atoms with van der Waals surface area (Å²) in [6.45, 7) is 1.60. The summed E-state index contributed by atoms with van der Waals surface area (Å²) in [5, 5.41) is 9.32. The molecule has 0 saturated heterocycles. The molecule has 1 aromatic carbocycles. The number of halogens is 1. The van der Waals surface area contributed by atoms with Gasteiger partial charge in [-0.25, -0.2) is 9.18 Å². The van der Waals surface area contributed by atoms with Gasteiger partial charge in [-0.05, 0) is 30.7 Å². The van der Waals surface area contributed by atoms with Crippen molar-refractivity contribution in [3.05, 3.63) is 59.7 Å². The normalized spacial score (nSPS) is 10.8. The van der Waals surface area contributed by atoms with E-state index in [1.807, 2.05) is 0 Å². The first-order valence-electron chi connectivity index (χ1n) is 6.21. The summed E-state index contributed by atoms with van der Waals surface area (Å²) < 4.78 is 20.7.